The molecule has 1 aliphatic carbocycles. The lowest BCUT2D eigenvalue weighted by Crippen LogP contribution is -2.30. The van der Waals surface area contributed by atoms with Crippen molar-refractivity contribution in [3.63, 3.8) is 0 Å². The lowest BCUT2D eigenvalue weighted by molar-refractivity contribution is -0.138. The standard InChI is InChI=1S/C16H23F3N2/c17-16(18,19)14-9-5-4-8-13(14)15(21-20)11-10-12-6-2-1-3-7-12/h4-5,8-9,12,15,21H,1-3,6-7,10-11,20H2. The van der Waals surface area contributed by atoms with Crippen molar-refractivity contribution < 1.29 is 13.2 Å². The van der Waals surface area contributed by atoms with Gasteiger partial charge in [0.25, 0.3) is 0 Å². The van der Waals surface area contributed by atoms with Gasteiger partial charge >= 0.3 is 6.18 Å². The molecular formula is C16H23F3N2. The highest BCUT2D eigenvalue weighted by Gasteiger charge is 2.34. The minimum Gasteiger partial charge on any atom is -0.271 e. The van der Waals surface area contributed by atoms with Crippen LogP contribution >= 0.6 is 0 Å². The molecule has 0 bridgehead atoms. The summed E-state index contributed by atoms with van der Waals surface area (Å²) in [6, 6.07) is 5.26. The van der Waals surface area contributed by atoms with Crippen molar-refractivity contribution in [2.45, 2.75) is 57.2 Å². The van der Waals surface area contributed by atoms with E-state index in [4.69, 9.17) is 5.84 Å². The molecule has 0 radical (unpaired) electrons. The molecule has 0 heterocycles. The maximum absolute atomic E-state index is 13.1. The average molecular weight is 300 g/mol. The molecule has 0 aromatic heterocycles. The van der Waals surface area contributed by atoms with E-state index < -0.39 is 17.8 Å². The Bertz CT molecular complexity index is 439. The van der Waals surface area contributed by atoms with E-state index in [0.717, 1.165) is 12.5 Å². The van der Waals surface area contributed by atoms with Crippen LogP contribution in [0.5, 0.6) is 0 Å². The first-order valence-electron chi connectivity index (χ1n) is 7.64. The summed E-state index contributed by atoms with van der Waals surface area (Å²) in [5.41, 5.74) is 2.24. The maximum atomic E-state index is 13.1. The topological polar surface area (TPSA) is 38.0 Å². The van der Waals surface area contributed by atoms with E-state index in [-0.39, 0.29) is 5.56 Å². The molecular weight excluding hydrogens is 277 g/mol. The molecule has 21 heavy (non-hydrogen) atoms. The van der Waals surface area contributed by atoms with Gasteiger partial charge in [0.15, 0.2) is 0 Å². The quantitative estimate of drug-likeness (QED) is 0.617. The number of halogens is 3. The van der Waals surface area contributed by atoms with E-state index in [1.165, 1.54) is 44.2 Å². The fraction of sp³-hybridized carbons (Fsp3) is 0.625. The maximum Gasteiger partial charge on any atom is 0.416 e. The van der Waals surface area contributed by atoms with Gasteiger partial charge in [0.1, 0.15) is 0 Å². The Morgan fingerprint density at radius 2 is 1.81 bits per heavy atom. The lowest BCUT2D eigenvalue weighted by Gasteiger charge is -2.25. The first-order chi connectivity index (χ1) is 10.0. The fourth-order valence-electron chi connectivity index (χ4n) is 3.27. The summed E-state index contributed by atoms with van der Waals surface area (Å²) in [4.78, 5) is 0. The van der Waals surface area contributed by atoms with Gasteiger partial charge in [-0.3, -0.25) is 11.3 Å². The summed E-state index contributed by atoms with van der Waals surface area (Å²) in [6.45, 7) is 0. The Kier molecular flexibility index (Phi) is 5.65. The Balaban J connectivity index is 2.06. The lowest BCUT2D eigenvalue weighted by atomic mass is 9.84. The van der Waals surface area contributed by atoms with Crippen LogP contribution in [0.1, 0.15) is 62.1 Å². The largest absolute Gasteiger partial charge is 0.416 e. The van der Waals surface area contributed by atoms with Crippen molar-refractivity contribution in [1.82, 2.24) is 5.43 Å². The van der Waals surface area contributed by atoms with E-state index in [1.54, 1.807) is 6.07 Å². The van der Waals surface area contributed by atoms with E-state index in [9.17, 15) is 13.2 Å². The van der Waals surface area contributed by atoms with E-state index in [0.29, 0.717) is 12.3 Å². The van der Waals surface area contributed by atoms with Crippen molar-refractivity contribution in [3.05, 3.63) is 35.4 Å². The van der Waals surface area contributed by atoms with Gasteiger partial charge in [-0.25, -0.2) is 0 Å². The highest BCUT2D eigenvalue weighted by atomic mass is 19.4. The van der Waals surface area contributed by atoms with E-state index in [2.05, 4.69) is 5.43 Å². The summed E-state index contributed by atoms with van der Waals surface area (Å²) >= 11 is 0. The number of rotatable bonds is 5. The summed E-state index contributed by atoms with van der Waals surface area (Å²) in [6.07, 6.45) is 3.39. The Morgan fingerprint density at radius 3 is 2.43 bits per heavy atom. The van der Waals surface area contributed by atoms with Crippen LogP contribution in [0.4, 0.5) is 13.2 Å². The number of benzene rings is 1. The van der Waals surface area contributed by atoms with Crippen LogP contribution in [0.2, 0.25) is 0 Å². The van der Waals surface area contributed by atoms with Crippen molar-refractivity contribution in [1.29, 1.82) is 0 Å². The van der Waals surface area contributed by atoms with Crippen LogP contribution in [0, 0.1) is 5.92 Å². The molecule has 1 aliphatic rings. The second-order valence-electron chi connectivity index (χ2n) is 5.89. The second kappa shape index (κ2) is 7.27. The number of alkyl halides is 3. The van der Waals surface area contributed by atoms with Crippen LogP contribution in [0.25, 0.3) is 0 Å². The van der Waals surface area contributed by atoms with Gasteiger partial charge in [0.05, 0.1) is 5.56 Å². The predicted molar refractivity (Wildman–Crippen MR) is 77.3 cm³/mol. The number of nitrogens with one attached hydrogen (secondary N) is 1. The van der Waals surface area contributed by atoms with Crippen LogP contribution in [-0.2, 0) is 6.18 Å². The molecule has 0 amide bonds. The van der Waals surface area contributed by atoms with Crippen molar-refractivity contribution in [3.8, 4) is 0 Å². The molecule has 1 fully saturated rings. The van der Waals surface area contributed by atoms with Gasteiger partial charge in [-0.05, 0) is 30.4 Å². The molecule has 0 saturated heterocycles. The molecule has 1 aromatic rings. The molecule has 1 saturated carbocycles. The first-order valence-corrected chi connectivity index (χ1v) is 7.64. The van der Waals surface area contributed by atoms with Gasteiger partial charge in [0.2, 0.25) is 0 Å². The summed E-state index contributed by atoms with van der Waals surface area (Å²) in [5, 5.41) is 0. The molecule has 1 unspecified atom stereocenters. The smallest absolute Gasteiger partial charge is 0.271 e. The zero-order chi connectivity index (χ0) is 15.3. The summed E-state index contributed by atoms with van der Waals surface area (Å²) in [7, 11) is 0. The van der Waals surface area contributed by atoms with Gasteiger partial charge in [0, 0.05) is 6.04 Å². The number of hydrogen-bond donors (Lipinski definition) is 2. The molecule has 1 aromatic carbocycles. The van der Waals surface area contributed by atoms with Gasteiger partial charge < -0.3 is 0 Å². The average Bonchev–Trinajstić information content (AvgIpc) is 2.48. The van der Waals surface area contributed by atoms with Crippen LogP contribution in [-0.4, -0.2) is 0 Å². The Labute approximate surface area is 123 Å². The van der Waals surface area contributed by atoms with Crippen LogP contribution in [0.3, 0.4) is 0 Å². The highest BCUT2D eigenvalue weighted by molar-refractivity contribution is 5.32. The van der Waals surface area contributed by atoms with E-state index >= 15 is 0 Å². The molecule has 0 spiro atoms. The number of nitrogens with two attached hydrogens (primary N) is 1. The van der Waals surface area contributed by atoms with Gasteiger partial charge in [-0.15, -0.1) is 0 Å². The Morgan fingerprint density at radius 1 is 1.14 bits per heavy atom. The summed E-state index contributed by atoms with van der Waals surface area (Å²) < 4.78 is 39.2. The highest BCUT2D eigenvalue weighted by Crippen LogP contribution is 2.36. The van der Waals surface area contributed by atoms with Crippen molar-refractivity contribution >= 4 is 0 Å². The zero-order valence-corrected chi connectivity index (χ0v) is 12.1. The summed E-state index contributed by atoms with van der Waals surface area (Å²) in [5.74, 6) is 6.15. The third kappa shape index (κ3) is 4.45. The number of hydrazine groups is 1. The van der Waals surface area contributed by atoms with Crippen LogP contribution in [0.15, 0.2) is 24.3 Å². The van der Waals surface area contributed by atoms with Gasteiger partial charge in [-0.1, -0.05) is 50.3 Å². The van der Waals surface area contributed by atoms with Gasteiger partial charge in [-0.2, -0.15) is 13.2 Å². The molecule has 2 rings (SSSR count). The third-order valence-electron chi connectivity index (χ3n) is 4.43. The first kappa shape index (κ1) is 16.3. The van der Waals surface area contributed by atoms with Crippen LogP contribution < -0.4 is 11.3 Å². The molecule has 3 N–H and O–H groups in total. The van der Waals surface area contributed by atoms with E-state index in [1.807, 2.05) is 0 Å². The molecule has 1 atom stereocenters. The third-order valence-corrected chi connectivity index (χ3v) is 4.43. The second-order valence-corrected chi connectivity index (χ2v) is 5.89. The normalized spacial score (nSPS) is 18.7. The number of hydrogen-bond acceptors (Lipinski definition) is 2. The minimum absolute atomic E-state index is 0.253. The molecule has 5 heteroatoms. The Hall–Kier alpha value is -1.07. The predicted octanol–water partition coefficient (Wildman–Crippen LogP) is 4.57. The molecule has 0 aliphatic heterocycles. The monoisotopic (exact) mass is 300 g/mol. The molecule has 2 nitrogen and oxygen atoms in total. The SMILES string of the molecule is NNC(CCC1CCCCC1)c1ccccc1C(F)(F)F. The van der Waals surface area contributed by atoms with Crippen molar-refractivity contribution in [2.24, 2.45) is 11.8 Å². The van der Waals surface area contributed by atoms with Crippen molar-refractivity contribution in [2.75, 3.05) is 0 Å². The fourth-order valence-corrected chi connectivity index (χ4v) is 3.27. The zero-order valence-electron chi connectivity index (χ0n) is 12.1. The minimum atomic E-state index is -4.34. The molecule has 118 valence electrons.